The third-order valence-electron chi connectivity index (χ3n) is 6.01. The van der Waals surface area contributed by atoms with E-state index in [1.54, 1.807) is 29.2 Å². The van der Waals surface area contributed by atoms with Crippen LogP contribution in [0.3, 0.4) is 0 Å². The first-order chi connectivity index (χ1) is 16.3. The number of ether oxygens (including phenoxy) is 2. The van der Waals surface area contributed by atoms with Crippen molar-refractivity contribution in [3.05, 3.63) is 54.1 Å². The highest BCUT2D eigenvalue weighted by Crippen LogP contribution is 2.30. The van der Waals surface area contributed by atoms with Gasteiger partial charge in [0.2, 0.25) is 5.91 Å². The lowest BCUT2D eigenvalue weighted by molar-refractivity contribution is -0.135. The van der Waals surface area contributed by atoms with Gasteiger partial charge in [0.05, 0.1) is 11.5 Å². The van der Waals surface area contributed by atoms with E-state index < -0.39 is 16.1 Å². The topological polar surface area (TPSA) is 97.3 Å². The Labute approximate surface area is 201 Å². The van der Waals surface area contributed by atoms with Crippen molar-refractivity contribution in [3.63, 3.8) is 0 Å². The number of carbonyl (C=O) groups is 1. The maximum atomic E-state index is 13.4. The number of hydrogen-bond donors (Lipinski definition) is 1. The molecule has 1 atom stereocenters. The Hall–Kier alpha value is -3.07. The normalized spacial score (nSPS) is 19.5. The number of nitrogens with zero attached hydrogens (tertiary/aromatic N) is 2. The fourth-order valence-electron chi connectivity index (χ4n) is 4.24. The van der Waals surface area contributed by atoms with E-state index in [9.17, 15) is 13.2 Å². The molecule has 2 aliphatic heterocycles. The molecule has 2 aliphatic rings. The van der Waals surface area contributed by atoms with Crippen LogP contribution in [-0.2, 0) is 14.8 Å². The van der Waals surface area contributed by atoms with Crippen LogP contribution in [0.2, 0.25) is 0 Å². The van der Waals surface area contributed by atoms with Crippen molar-refractivity contribution in [2.45, 2.75) is 50.7 Å². The van der Waals surface area contributed by atoms with Crippen molar-refractivity contribution in [1.82, 2.24) is 9.62 Å². The fourth-order valence-corrected chi connectivity index (χ4v) is 5.48. The predicted molar refractivity (Wildman–Crippen MR) is 130 cm³/mol. The first-order valence-electron chi connectivity index (χ1n) is 11.7. The van der Waals surface area contributed by atoms with Crippen LogP contribution in [0.4, 0.5) is 0 Å². The fraction of sp³-hybridized carbons (Fsp3) is 0.440. The second-order valence-electron chi connectivity index (χ2n) is 8.79. The molecule has 0 bridgehead atoms. The number of amidine groups is 1. The molecule has 1 N–H and O–H groups in total. The highest BCUT2D eigenvalue weighted by molar-refractivity contribution is 7.90. The molecule has 2 aromatic carbocycles. The van der Waals surface area contributed by atoms with Crippen LogP contribution in [-0.4, -0.2) is 56.9 Å². The molecule has 182 valence electrons. The first kappa shape index (κ1) is 24.1. The van der Waals surface area contributed by atoms with E-state index in [1.807, 2.05) is 45.0 Å². The molecular formula is C25H31N3O5S. The van der Waals surface area contributed by atoms with Gasteiger partial charge in [0.15, 0.2) is 11.5 Å². The number of sulfonamides is 1. The van der Waals surface area contributed by atoms with Gasteiger partial charge in [-0.2, -0.15) is 0 Å². The molecule has 0 aromatic heterocycles. The summed E-state index contributed by atoms with van der Waals surface area (Å²) in [6.07, 6.45) is 1.38. The molecule has 2 heterocycles. The maximum Gasteiger partial charge on any atom is 0.263 e. The second kappa shape index (κ2) is 10.0. The lowest BCUT2D eigenvalue weighted by atomic mass is 10.0. The Kier molecular flexibility index (Phi) is 7.11. The molecule has 8 nitrogen and oxygen atoms in total. The minimum absolute atomic E-state index is 0.0111. The SMILES string of the molecule is CCOc1ccccc1OC1CCN(C(=O)[C@@H](N=C2NS(=O)(=O)c3ccccc32)C(C)C)CC1. The molecule has 1 amide bonds. The summed E-state index contributed by atoms with van der Waals surface area (Å²) in [5, 5.41) is 0. The number of likely N-dealkylation sites (tertiary alicyclic amines) is 1. The Bertz CT molecular complexity index is 1170. The van der Waals surface area contributed by atoms with Gasteiger partial charge in [0.1, 0.15) is 18.0 Å². The number of rotatable bonds is 7. The molecule has 1 saturated heterocycles. The van der Waals surface area contributed by atoms with Crippen molar-refractivity contribution in [2.75, 3.05) is 19.7 Å². The molecule has 34 heavy (non-hydrogen) atoms. The third-order valence-corrected chi connectivity index (χ3v) is 7.41. The highest BCUT2D eigenvalue weighted by Gasteiger charge is 2.35. The maximum absolute atomic E-state index is 13.4. The van der Waals surface area contributed by atoms with Gasteiger partial charge in [-0.25, -0.2) is 8.42 Å². The van der Waals surface area contributed by atoms with Crippen molar-refractivity contribution >= 4 is 21.8 Å². The summed E-state index contributed by atoms with van der Waals surface area (Å²) in [5.41, 5.74) is 0.501. The quantitative estimate of drug-likeness (QED) is 0.650. The first-order valence-corrected chi connectivity index (χ1v) is 13.2. The second-order valence-corrected chi connectivity index (χ2v) is 10.4. The van der Waals surface area contributed by atoms with Crippen LogP contribution < -0.4 is 14.2 Å². The van der Waals surface area contributed by atoms with E-state index in [0.29, 0.717) is 43.9 Å². The van der Waals surface area contributed by atoms with E-state index in [1.165, 1.54) is 0 Å². The van der Waals surface area contributed by atoms with Gasteiger partial charge < -0.3 is 14.4 Å². The standard InChI is InChI=1S/C25H31N3O5S/c1-4-32-20-10-6-7-11-21(20)33-18-13-15-28(16-14-18)25(29)23(17(2)3)26-24-19-9-5-8-12-22(19)34(30,31)27-24/h5-12,17-18,23H,4,13-16H2,1-3H3,(H,26,27)/t23-/m0/s1. The summed E-state index contributed by atoms with van der Waals surface area (Å²) in [5.74, 6) is 1.48. The number of aliphatic imine (C=N–C) groups is 1. The smallest absolute Gasteiger partial charge is 0.263 e. The van der Waals surface area contributed by atoms with E-state index in [0.717, 1.165) is 5.75 Å². The minimum atomic E-state index is -3.65. The highest BCUT2D eigenvalue weighted by atomic mass is 32.2. The van der Waals surface area contributed by atoms with Gasteiger partial charge in [-0.15, -0.1) is 0 Å². The molecule has 0 aliphatic carbocycles. The van der Waals surface area contributed by atoms with Crippen molar-refractivity contribution in [1.29, 1.82) is 0 Å². The molecule has 0 radical (unpaired) electrons. The number of fused-ring (bicyclic) bond motifs is 1. The van der Waals surface area contributed by atoms with Crippen molar-refractivity contribution in [2.24, 2.45) is 10.9 Å². The van der Waals surface area contributed by atoms with Crippen LogP contribution in [0.5, 0.6) is 11.5 Å². The van der Waals surface area contributed by atoms with Crippen LogP contribution >= 0.6 is 0 Å². The molecule has 2 aromatic rings. The number of nitrogens with one attached hydrogen (secondary N) is 1. The summed E-state index contributed by atoms with van der Waals surface area (Å²) in [6.45, 7) is 7.44. The number of hydrogen-bond acceptors (Lipinski definition) is 6. The zero-order chi connectivity index (χ0) is 24.3. The molecule has 0 spiro atoms. The van der Waals surface area contributed by atoms with Gasteiger partial charge >= 0.3 is 0 Å². The van der Waals surface area contributed by atoms with Crippen LogP contribution in [0.15, 0.2) is 58.4 Å². The lowest BCUT2D eigenvalue weighted by Gasteiger charge is -2.34. The Morgan fingerprint density at radius 2 is 1.74 bits per heavy atom. The number of benzene rings is 2. The summed E-state index contributed by atoms with van der Waals surface area (Å²) >= 11 is 0. The van der Waals surface area contributed by atoms with Gasteiger partial charge in [-0.3, -0.25) is 14.5 Å². The van der Waals surface area contributed by atoms with Gasteiger partial charge in [-0.05, 0) is 37.1 Å². The molecule has 9 heteroatoms. The predicted octanol–water partition coefficient (Wildman–Crippen LogP) is 3.22. The van der Waals surface area contributed by atoms with Crippen molar-refractivity contribution < 1.29 is 22.7 Å². The molecule has 0 saturated carbocycles. The molecular weight excluding hydrogens is 454 g/mol. The minimum Gasteiger partial charge on any atom is -0.490 e. The number of para-hydroxylation sites is 2. The molecule has 0 unspecified atom stereocenters. The Morgan fingerprint density at radius 1 is 1.09 bits per heavy atom. The van der Waals surface area contributed by atoms with E-state index in [2.05, 4.69) is 9.71 Å². The Balaban J connectivity index is 1.44. The van der Waals surface area contributed by atoms with Crippen LogP contribution in [0.1, 0.15) is 39.2 Å². The summed E-state index contributed by atoms with van der Waals surface area (Å²) in [6, 6.07) is 13.6. The third kappa shape index (κ3) is 5.04. The summed E-state index contributed by atoms with van der Waals surface area (Å²) in [4.78, 5) is 20.0. The van der Waals surface area contributed by atoms with Crippen LogP contribution in [0, 0.1) is 5.92 Å². The van der Waals surface area contributed by atoms with E-state index in [-0.39, 0.29) is 28.7 Å². The molecule has 1 fully saturated rings. The Morgan fingerprint density at radius 3 is 2.41 bits per heavy atom. The zero-order valence-electron chi connectivity index (χ0n) is 19.7. The van der Waals surface area contributed by atoms with Gasteiger partial charge in [0.25, 0.3) is 10.0 Å². The number of piperidine rings is 1. The summed E-state index contributed by atoms with van der Waals surface area (Å²) in [7, 11) is -3.65. The number of amides is 1. The van der Waals surface area contributed by atoms with E-state index >= 15 is 0 Å². The summed E-state index contributed by atoms with van der Waals surface area (Å²) < 4.78 is 39.2. The number of carbonyl (C=O) groups excluding carboxylic acids is 1. The average Bonchev–Trinajstić information content (AvgIpc) is 3.09. The molecule has 4 rings (SSSR count). The zero-order valence-corrected chi connectivity index (χ0v) is 20.5. The van der Waals surface area contributed by atoms with Crippen LogP contribution in [0.25, 0.3) is 0 Å². The van der Waals surface area contributed by atoms with Gasteiger partial charge in [-0.1, -0.05) is 38.1 Å². The average molecular weight is 486 g/mol. The van der Waals surface area contributed by atoms with E-state index in [4.69, 9.17) is 9.47 Å². The van der Waals surface area contributed by atoms with Gasteiger partial charge in [0, 0.05) is 31.5 Å². The largest absolute Gasteiger partial charge is 0.490 e. The monoisotopic (exact) mass is 485 g/mol. The van der Waals surface area contributed by atoms with Crippen molar-refractivity contribution in [3.8, 4) is 11.5 Å². The lowest BCUT2D eigenvalue weighted by Crippen LogP contribution is -2.47.